The molecule has 0 bridgehead atoms. The van der Waals surface area contributed by atoms with E-state index in [-0.39, 0.29) is 17.2 Å². The lowest BCUT2D eigenvalue weighted by molar-refractivity contribution is -0.119. The topological polar surface area (TPSA) is 84.9 Å². The number of nitrogens with one attached hydrogen (secondary N) is 1. The second kappa shape index (κ2) is 12.9. The molecule has 0 fully saturated rings. The summed E-state index contributed by atoms with van der Waals surface area (Å²) in [6, 6.07) is 18.8. The first-order valence-electron chi connectivity index (χ1n) is 11.2. The van der Waals surface area contributed by atoms with E-state index in [2.05, 4.69) is 29.6 Å². The predicted molar refractivity (Wildman–Crippen MR) is 145 cm³/mol. The maximum absolute atomic E-state index is 13.6. The zero-order valence-electron chi connectivity index (χ0n) is 20.4. The number of sulfonamides is 1. The summed E-state index contributed by atoms with van der Waals surface area (Å²) >= 11 is 7.71. The molecule has 10 heteroatoms. The Morgan fingerprint density at radius 1 is 0.972 bits per heavy atom. The molecule has 0 radical (unpaired) electrons. The first-order chi connectivity index (χ1) is 17.2. The molecule has 7 nitrogen and oxygen atoms in total. The number of benzene rings is 3. The molecule has 0 saturated carbocycles. The molecule has 0 atom stereocenters. The summed E-state index contributed by atoms with van der Waals surface area (Å²) in [5.41, 5.74) is 1.53. The van der Waals surface area contributed by atoms with Crippen LogP contribution >= 0.6 is 23.4 Å². The van der Waals surface area contributed by atoms with Crippen molar-refractivity contribution in [1.29, 1.82) is 0 Å². The van der Waals surface area contributed by atoms with Gasteiger partial charge < -0.3 is 14.8 Å². The Hall–Kier alpha value is -2.88. The molecular formula is C26H29ClN2O5S2. The third-order valence-corrected chi connectivity index (χ3v) is 8.40. The SMILES string of the molecule is COc1ccc(S(=O)(=O)N(CC(=O)NCCCSc2ccc(C)cc2)c2ccc(Cl)cc2)cc1OC. The summed E-state index contributed by atoms with van der Waals surface area (Å²) in [6.07, 6.45) is 0.744. The van der Waals surface area contributed by atoms with Crippen LogP contribution < -0.4 is 19.1 Å². The quantitative estimate of drug-likeness (QED) is 0.248. The van der Waals surface area contributed by atoms with Crippen molar-refractivity contribution in [2.24, 2.45) is 0 Å². The number of amides is 1. The van der Waals surface area contributed by atoms with E-state index in [0.717, 1.165) is 16.5 Å². The third-order valence-electron chi connectivity index (χ3n) is 5.28. The number of halogens is 1. The van der Waals surface area contributed by atoms with Crippen LogP contribution in [0.2, 0.25) is 5.02 Å². The Kier molecular flexibility index (Phi) is 9.92. The molecule has 0 aliphatic heterocycles. The van der Waals surface area contributed by atoms with Crippen LogP contribution in [0.25, 0.3) is 0 Å². The fraction of sp³-hybridized carbons (Fsp3) is 0.269. The zero-order chi connectivity index (χ0) is 26.1. The molecule has 192 valence electrons. The molecule has 1 N–H and O–H groups in total. The van der Waals surface area contributed by atoms with Gasteiger partial charge in [-0.15, -0.1) is 11.8 Å². The van der Waals surface area contributed by atoms with Gasteiger partial charge in [0.25, 0.3) is 10.0 Å². The van der Waals surface area contributed by atoms with Gasteiger partial charge in [0.1, 0.15) is 6.54 Å². The number of hydrogen-bond donors (Lipinski definition) is 1. The van der Waals surface area contributed by atoms with Crippen molar-refractivity contribution in [2.75, 3.05) is 37.4 Å². The highest BCUT2D eigenvalue weighted by Crippen LogP contribution is 2.32. The van der Waals surface area contributed by atoms with E-state index in [0.29, 0.717) is 23.0 Å². The van der Waals surface area contributed by atoms with Gasteiger partial charge in [-0.05, 0) is 67.6 Å². The van der Waals surface area contributed by atoms with Gasteiger partial charge >= 0.3 is 0 Å². The number of hydrogen-bond acceptors (Lipinski definition) is 6. The highest BCUT2D eigenvalue weighted by Gasteiger charge is 2.28. The first-order valence-corrected chi connectivity index (χ1v) is 14.0. The molecule has 3 aromatic rings. The van der Waals surface area contributed by atoms with Gasteiger partial charge in [0.15, 0.2) is 11.5 Å². The normalized spacial score (nSPS) is 11.1. The lowest BCUT2D eigenvalue weighted by atomic mass is 10.2. The van der Waals surface area contributed by atoms with Gasteiger partial charge in [-0.25, -0.2) is 8.42 Å². The number of methoxy groups -OCH3 is 2. The minimum atomic E-state index is -4.10. The third kappa shape index (κ3) is 7.32. The van der Waals surface area contributed by atoms with Gasteiger partial charge in [0, 0.05) is 22.5 Å². The number of carbonyl (C=O) groups is 1. The van der Waals surface area contributed by atoms with Crippen LogP contribution in [0.1, 0.15) is 12.0 Å². The van der Waals surface area contributed by atoms with E-state index in [4.69, 9.17) is 21.1 Å². The molecule has 0 aliphatic carbocycles. The number of nitrogens with zero attached hydrogens (tertiary/aromatic N) is 1. The molecule has 0 heterocycles. The molecule has 0 spiro atoms. The van der Waals surface area contributed by atoms with Crippen LogP contribution in [-0.4, -0.2) is 47.4 Å². The number of anilines is 1. The van der Waals surface area contributed by atoms with Crippen molar-refractivity contribution in [3.8, 4) is 11.5 Å². The fourth-order valence-corrected chi connectivity index (χ4v) is 5.75. The summed E-state index contributed by atoms with van der Waals surface area (Å²) in [5, 5.41) is 3.28. The molecule has 36 heavy (non-hydrogen) atoms. The van der Waals surface area contributed by atoms with Crippen LogP contribution in [-0.2, 0) is 14.8 Å². The Balaban J connectivity index is 1.70. The highest BCUT2D eigenvalue weighted by atomic mass is 35.5. The van der Waals surface area contributed by atoms with Gasteiger partial charge in [0.2, 0.25) is 5.91 Å². The van der Waals surface area contributed by atoms with E-state index in [1.165, 1.54) is 42.9 Å². The van der Waals surface area contributed by atoms with E-state index >= 15 is 0 Å². The number of aryl methyl sites for hydroxylation is 1. The maximum atomic E-state index is 13.6. The van der Waals surface area contributed by atoms with E-state index in [9.17, 15) is 13.2 Å². The minimum absolute atomic E-state index is 0.0302. The standard InChI is InChI=1S/C26H29ClN2O5S2/c1-19-5-11-22(12-6-19)35-16-4-15-28-26(30)18-29(21-9-7-20(27)8-10-21)36(31,32)23-13-14-24(33-2)25(17-23)34-3/h5-14,17H,4,15-16,18H2,1-3H3,(H,28,30). The van der Waals surface area contributed by atoms with Crippen molar-refractivity contribution in [3.05, 3.63) is 77.3 Å². The molecule has 0 aliphatic rings. The van der Waals surface area contributed by atoms with Gasteiger partial charge in [-0.1, -0.05) is 29.3 Å². The summed E-state index contributed by atoms with van der Waals surface area (Å²) in [6.45, 7) is 2.09. The van der Waals surface area contributed by atoms with Crippen LogP contribution in [0.4, 0.5) is 5.69 Å². The van der Waals surface area contributed by atoms with E-state index in [1.807, 2.05) is 6.92 Å². The number of carbonyl (C=O) groups excluding carboxylic acids is 1. The zero-order valence-corrected chi connectivity index (χ0v) is 22.8. The average Bonchev–Trinajstić information content (AvgIpc) is 2.88. The highest BCUT2D eigenvalue weighted by molar-refractivity contribution is 7.99. The van der Waals surface area contributed by atoms with E-state index < -0.39 is 15.9 Å². The van der Waals surface area contributed by atoms with E-state index in [1.54, 1.807) is 36.0 Å². The van der Waals surface area contributed by atoms with Crippen molar-refractivity contribution < 1.29 is 22.7 Å². The molecule has 1 amide bonds. The summed E-state index contributed by atoms with van der Waals surface area (Å²) < 4.78 is 38.7. The molecule has 3 aromatic carbocycles. The van der Waals surface area contributed by atoms with Gasteiger partial charge in [-0.3, -0.25) is 9.10 Å². The second-order valence-corrected chi connectivity index (χ2v) is 11.3. The molecule has 0 unspecified atom stereocenters. The van der Waals surface area contributed by atoms with Crippen molar-refractivity contribution >= 4 is 45.0 Å². The largest absolute Gasteiger partial charge is 0.493 e. The Labute approximate surface area is 221 Å². The Morgan fingerprint density at radius 2 is 1.64 bits per heavy atom. The fourth-order valence-electron chi connectivity index (χ4n) is 3.34. The molecule has 0 saturated heterocycles. The number of rotatable bonds is 12. The summed E-state index contributed by atoms with van der Waals surface area (Å²) in [5.74, 6) is 1.09. The van der Waals surface area contributed by atoms with Crippen molar-refractivity contribution in [3.63, 3.8) is 0 Å². The minimum Gasteiger partial charge on any atom is -0.493 e. The van der Waals surface area contributed by atoms with Gasteiger partial charge in [-0.2, -0.15) is 0 Å². The lowest BCUT2D eigenvalue weighted by Crippen LogP contribution is -2.41. The van der Waals surface area contributed by atoms with Gasteiger partial charge in [0.05, 0.1) is 24.8 Å². The number of thioether (sulfide) groups is 1. The first kappa shape index (κ1) is 27.7. The number of ether oxygens (including phenoxy) is 2. The summed E-state index contributed by atoms with van der Waals surface area (Å²) in [7, 11) is -1.21. The second-order valence-electron chi connectivity index (χ2n) is 7.87. The average molecular weight is 549 g/mol. The molecule has 3 rings (SSSR count). The summed E-state index contributed by atoms with van der Waals surface area (Å²) in [4.78, 5) is 13.9. The molecule has 0 aromatic heterocycles. The van der Waals surface area contributed by atoms with Crippen LogP contribution in [0.15, 0.2) is 76.5 Å². The monoisotopic (exact) mass is 548 g/mol. The smallest absolute Gasteiger partial charge is 0.264 e. The van der Waals surface area contributed by atoms with Crippen LogP contribution in [0, 0.1) is 6.92 Å². The van der Waals surface area contributed by atoms with Crippen LogP contribution in [0.5, 0.6) is 11.5 Å². The maximum Gasteiger partial charge on any atom is 0.264 e. The van der Waals surface area contributed by atoms with Crippen LogP contribution in [0.3, 0.4) is 0 Å². The van der Waals surface area contributed by atoms with Crippen molar-refractivity contribution in [1.82, 2.24) is 5.32 Å². The Bertz CT molecular complexity index is 1270. The Morgan fingerprint density at radius 3 is 2.28 bits per heavy atom. The predicted octanol–water partition coefficient (Wildman–Crippen LogP) is 5.16. The molecular weight excluding hydrogens is 520 g/mol. The lowest BCUT2D eigenvalue weighted by Gasteiger charge is -2.24. The van der Waals surface area contributed by atoms with Crippen molar-refractivity contribution in [2.45, 2.75) is 23.1 Å².